The van der Waals surface area contributed by atoms with Crippen molar-refractivity contribution in [3.63, 3.8) is 0 Å². The summed E-state index contributed by atoms with van der Waals surface area (Å²) in [5.41, 5.74) is 0. The van der Waals surface area contributed by atoms with Crippen LogP contribution in [-0.2, 0) is 9.59 Å². The van der Waals surface area contributed by atoms with Crippen molar-refractivity contribution >= 4 is 11.8 Å². The van der Waals surface area contributed by atoms with Gasteiger partial charge in [0, 0.05) is 39.1 Å². The highest BCUT2D eigenvalue weighted by Gasteiger charge is 2.33. The van der Waals surface area contributed by atoms with Gasteiger partial charge in [-0.15, -0.1) is 0 Å². The third kappa shape index (κ3) is 3.30. The predicted octanol–water partition coefficient (Wildman–Crippen LogP) is -0.620. The van der Waals surface area contributed by atoms with E-state index in [1.165, 1.54) is 0 Å². The lowest BCUT2D eigenvalue weighted by molar-refractivity contribution is -0.139. The van der Waals surface area contributed by atoms with E-state index in [2.05, 4.69) is 11.8 Å². The first-order valence-electron chi connectivity index (χ1n) is 7.41. The number of piperazine rings is 1. The number of hydrogen-bond donors (Lipinski definition) is 1. The Morgan fingerprint density at radius 1 is 1.10 bits per heavy atom. The Morgan fingerprint density at radius 2 is 1.70 bits per heavy atom. The van der Waals surface area contributed by atoms with Gasteiger partial charge in [-0.2, -0.15) is 0 Å². The van der Waals surface area contributed by atoms with Crippen molar-refractivity contribution in [2.24, 2.45) is 5.92 Å². The molecule has 6 nitrogen and oxygen atoms in total. The molecule has 2 atom stereocenters. The van der Waals surface area contributed by atoms with Crippen LogP contribution in [0.4, 0.5) is 0 Å². The van der Waals surface area contributed by atoms with Gasteiger partial charge in [-0.05, 0) is 18.9 Å². The Hall–Kier alpha value is -1.14. The molecule has 1 N–H and O–H groups in total. The van der Waals surface area contributed by atoms with Crippen LogP contribution in [0.2, 0.25) is 0 Å². The van der Waals surface area contributed by atoms with Gasteiger partial charge in [0.2, 0.25) is 11.8 Å². The normalized spacial score (nSPS) is 27.9. The molecule has 6 heteroatoms. The number of carbonyl (C=O) groups is 2. The molecule has 0 spiro atoms. The highest BCUT2D eigenvalue weighted by Crippen LogP contribution is 2.23. The summed E-state index contributed by atoms with van der Waals surface area (Å²) in [6.07, 6.45) is 1.04. The highest BCUT2D eigenvalue weighted by atomic mass is 16.3. The molecular formula is C14H25N3O3. The SMILES string of the molecule is CC(=O)N1CCN(C(=O)CN2CCC(C)C2CO)CC1. The van der Waals surface area contributed by atoms with Crippen LogP contribution in [0.15, 0.2) is 0 Å². The average molecular weight is 283 g/mol. The number of nitrogens with zero attached hydrogens (tertiary/aromatic N) is 3. The topological polar surface area (TPSA) is 64.1 Å². The second-order valence-electron chi connectivity index (χ2n) is 5.87. The van der Waals surface area contributed by atoms with E-state index in [1.807, 2.05) is 4.90 Å². The van der Waals surface area contributed by atoms with E-state index in [4.69, 9.17) is 0 Å². The van der Waals surface area contributed by atoms with E-state index in [1.54, 1.807) is 11.8 Å². The minimum Gasteiger partial charge on any atom is -0.395 e. The molecule has 0 aromatic rings. The van der Waals surface area contributed by atoms with Gasteiger partial charge in [0.25, 0.3) is 0 Å². The number of aliphatic hydroxyl groups is 1. The molecule has 2 unspecified atom stereocenters. The number of amides is 2. The summed E-state index contributed by atoms with van der Waals surface area (Å²) < 4.78 is 0. The van der Waals surface area contributed by atoms with E-state index < -0.39 is 0 Å². The van der Waals surface area contributed by atoms with Crippen LogP contribution in [0.5, 0.6) is 0 Å². The number of aliphatic hydroxyl groups excluding tert-OH is 1. The quantitative estimate of drug-likeness (QED) is 0.750. The molecule has 0 radical (unpaired) electrons. The second-order valence-corrected chi connectivity index (χ2v) is 5.87. The zero-order valence-corrected chi connectivity index (χ0v) is 12.4. The van der Waals surface area contributed by atoms with Crippen molar-refractivity contribution in [2.75, 3.05) is 45.9 Å². The molecule has 20 heavy (non-hydrogen) atoms. The molecular weight excluding hydrogens is 258 g/mol. The van der Waals surface area contributed by atoms with E-state index >= 15 is 0 Å². The fourth-order valence-corrected chi connectivity index (χ4v) is 3.12. The Labute approximate surface area is 120 Å². The maximum atomic E-state index is 12.3. The molecule has 114 valence electrons. The lowest BCUT2D eigenvalue weighted by Crippen LogP contribution is -2.53. The van der Waals surface area contributed by atoms with Crippen LogP contribution in [0, 0.1) is 5.92 Å². The Morgan fingerprint density at radius 3 is 2.25 bits per heavy atom. The van der Waals surface area contributed by atoms with E-state index in [0.29, 0.717) is 38.6 Å². The van der Waals surface area contributed by atoms with Crippen LogP contribution < -0.4 is 0 Å². The molecule has 0 aromatic carbocycles. The van der Waals surface area contributed by atoms with Gasteiger partial charge in [-0.1, -0.05) is 6.92 Å². The summed E-state index contributed by atoms with van der Waals surface area (Å²) in [4.78, 5) is 29.3. The lowest BCUT2D eigenvalue weighted by atomic mass is 10.0. The van der Waals surface area contributed by atoms with Gasteiger partial charge in [0.05, 0.1) is 13.2 Å². The monoisotopic (exact) mass is 283 g/mol. The first-order valence-corrected chi connectivity index (χ1v) is 7.41. The largest absolute Gasteiger partial charge is 0.395 e. The standard InChI is InChI=1S/C14H25N3O3/c1-11-3-4-17(13(11)10-18)9-14(20)16-7-5-15(6-8-16)12(2)19/h11,13,18H,3-10H2,1-2H3. The smallest absolute Gasteiger partial charge is 0.236 e. The highest BCUT2D eigenvalue weighted by molar-refractivity contribution is 5.79. The molecule has 2 aliphatic rings. The maximum Gasteiger partial charge on any atom is 0.236 e. The average Bonchev–Trinajstić information content (AvgIpc) is 2.79. The van der Waals surface area contributed by atoms with Gasteiger partial charge in [-0.3, -0.25) is 14.5 Å². The molecule has 2 aliphatic heterocycles. The molecule has 0 saturated carbocycles. The Bertz CT molecular complexity index is 367. The Kier molecular flexibility index (Phi) is 4.99. The lowest BCUT2D eigenvalue weighted by Gasteiger charge is -2.35. The minimum atomic E-state index is 0.0748. The molecule has 2 fully saturated rings. The van der Waals surface area contributed by atoms with E-state index in [-0.39, 0.29) is 24.5 Å². The summed E-state index contributed by atoms with van der Waals surface area (Å²) >= 11 is 0. The number of carbonyl (C=O) groups excluding carboxylic acids is 2. The number of hydrogen-bond acceptors (Lipinski definition) is 4. The van der Waals surface area contributed by atoms with Crippen molar-refractivity contribution in [3.05, 3.63) is 0 Å². The van der Waals surface area contributed by atoms with Crippen LogP contribution in [0.25, 0.3) is 0 Å². The molecule has 0 aliphatic carbocycles. The van der Waals surface area contributed by atoms with Crippen molar-refractivity contribution in [2.45, 2.75) is 26.3 Å². The van der Waals surface area contributed by atoms with Crippen molar-refractivity contribution in [3.8, 4) is 0 Å². The maximum absolute atomic E-state index is 12.3. The van der Waals surface area contributed by atoms with Gasteiger partial charge in [0.1, 0.15) is 0 Å². The van der Waals surface area contributed by atoms with Gasteiger partial charge in [-0.25, -0.2) is 0 Å². The zero-order chi connectivity index (χ0) is 14.7. The van der Waals surface area contributed by atoms with Crippen molar-refractivity contribution in [1.82, 2.24) is 14.7 Å². The molecule has 0 bridgehead atoms. The van der Waals surface area contributed by atoms with Crippen molar-refractivity contribution < 1.29 is 14.7 Å². The first-order chi connectivity index (χ1) is 9.52. The van der Waals surface area contributed by atoms with Crippen LogP contribution in [0.3, 0.4) is 0 Å². The summed E-state index contributed by atoms with van der Waals surface area (Å²) in [6, 6.07) is 0.109. The van der Waals surface area contributed by atoms with Crippen molar-refractivity contribution in [1.29, 1.82) is 0 Å². The fourth-order valence-electron chi connectivity index (χ4n) is 3.12. The van der Waals surface area contributed by atoms with Crippen LogP contribution >= 0.6 is 0 Å². The molecule has 0 aromatic heterocycles. The third-order valence-corrected chi connectivity index (χ3v) is 4.60. The molecule has 2 rings (SSSR count). The molecule has 2 saturated heterocycles. The number of rotatable bonds is 3. The molecule has 2 amide bonds. The second kappa shape index (κ2) is 6.54. The first kappa shape index (κ1) is 15.3. The predicted molar refractivity (Wildman–Crippen MR) is 75.1 cm³/mol. The number of likely N-dealkylation sites (tertiary alicyclic amines) is 1. The van der Waals surface area contributed by atoms with Gasteiger partial charge in [0.15, 0.2) is 0 Å². The van der Waals surface area contributed by atoms with Gasteiger partial charge >= 0.3 is 0 Å². The van der Waals surface area contributed by atoms with Crippen LogP contribution in [0.1, 0.15) is 20.3 Å². The molecule has 2 heterocycles. The summed E-state index contributed by atoms with van der Waals surface area (Å²) in [5, 5.41) is 9.42. The fraction of sp³-hybridized carbons (Fsp3) is 0.857. The zero-order valence-electron chi connectivity index (χ0n) is 12.4. The van der Waals surface area contributed by atoms with E-state index in [9.17, 15) is 14.7 Å². The summed E-state index contributed by atoms with van der Waals surface area (Å²) in [6.45, 7) is 7.55. The summed E-state index contributed by atoms with van der Waals surface area (Å²) in [7, 11) is 0. The van der Waals surface area contributed by atoms with E-state index in [0.717, 1.165) is 13.0 Å². The minimum absolute atomic E-state index is 0.0748. The Balaban J connectivity index is 1.82. The summed E-state index contributed by atoms with van der Waals surface area (Å²) in [5.74, 6) is 0.633. The third-order valence-electron chi connectivity index (χ3n) is 4.60. The van der Waals surface area contributed by atoms with Crippen LogP contribution in [-0.4, -0.2) is 83.5 Å². The van der Waals surface area contributed by atoms with Gasteiger partial charge < -0.3 is 14.9 Å².